The van der Waals surface area contributed by atoms with E-state index in [1.54, 1.807) is 0 Å². The number of aryl methyl sites for hydroxylation is 1. The predicted octanol–water partition coefficient (Wildman–Crippen LogP) is 4.48. The predicted molar refractivity (Wildman–Crippen MR) is 84.1 cm³/mol. The molecule has 2 heteroatoms. The van der Waals surface area contributed by atoms with E-state index in [0.717, 1.165) is 12.8 Å². The minimum atomic E-state index is 0.208. The lowest BCUT2D eigenvalue weighted by Crippen LogP contribution is -2.12. The first-order valence-corrected chi connectivity index (χ1v) is 7.35. The highest BCUT2D eigenvalue weighted by Gasteiger charge is 2.23. The van der Waals surface area contributed by atoms with Gasteiger partial charge in [-0.3, -0.25) is 4.98 Å². The van der Waals surface area contributed by atoms with Gasteiger partial charge in [-0.05, 0) is 47.6 Å². The Balaban J connectivity index is 1.76. The highest BCUT2D eigenvalue weighted by molar-refractivity contribution is 5.48. The van der Waals surface area contributed by atoms with Gasteiger partial charge in [0, 0.05) is 11.9 Å². The van der Waals surface area contributed by atoms with Gasteiger partial charge in [0.2, 0.25) is 0 Å². The van der Waals surface area contributed by atoms with E-state index in [-0.39, 0.29) is 5.41 Å². The molecule has 0 fully saturated rings. The number of hydrogen-bond donors (Lipinski definition) is 1. The van der Waals surface area contributed by atoms with Crippen LogP contribution >= 0.6 is 0 Å². The average Bonchev–Trinajstić information content (AvgIpc) is 2.82. The molecule has 1 aromatic heterocycles. The molecule has 1 aliphatic rings. The molecule has 0 saturated heterocycles. The fraction of sp³-hybridized carbons (Fsp3) is 0.389. The zero-order valence-corrected chi connectivity index (χ0v) is 12.5. The van der Waals surface area contributed by atoms with Crippen LogP contribution in [0.3, 0.4) is 0 Å². The molecule has 3 rings (SSSR count). The molecule has 1 aliphatic carbocycles. The second-order valence-corrected chi connectivity index (χ2v) is 6.61. The average molecular weight is 266 g/mol. The van der Waals surface area contributed by atoms with Gasteiger partial charge >= 0.3 is 0 Å². The van der Waals surface area contributed by atoms with Crippen molar-refractivity contribution < 1.29 is 0 Å². The molecule has 20 heavy (non-hydrogen) atoms. The van der Waals surface area contributed by atoms with Gasteiger partial charge in [-0.1, -0.05) is 39.0 Å². The molecule has 0 radical (unpaired) electrons. The maximum atomic E-state index is 4.53. The first-order valence-electron chi connectivity index (χ1n) is 7.35. The van der Waals surface area contributed by atoms with Crippen molar-refractivity contribution in [2.45, 2.75) is 45.1 Å². The van der Waals surface area contributed by atoms with E-state index in [2.05, 4.69) is 61.4 Å². The molecule has 0 amide bonds. The van der Waals surface area contributed by atoms with Crippen molar-refractivity contribution in [3.05, 3.63) is 59.4 Å². The van der Waals surface area contributed by atoms with Crippen LogP contribution in [0, 0.1) is 0 Å². The number of hydrogen-bond acceptors (Lipinski definition) is 2. The summed E-state index contributed by atoms with van der Waals surface area (Å²) in [5.41, 5.74) is 5.36. The minimum absolute atomic E-state index is 0.208. The van der Waals surface area contributed by atoms with E-state index in [4.69, 9.17) is 0 Å². The Morgan fingerprint density at radius 1 is 1.10 bits per heavy atom. The van der Waals surface area contributed by atoms with Crippen molar-refractivity contribution in [2.24, 2.45) is 0 Å². The third-order valence-corrected chi connectivity index (χ3v) is 4.05. The molecule has 0 bridgehead atoms. The third kappa shape index (κ3) is 2.55. The molecule has 2 nitrogen and oxygen atoms in total. The van der Waals surface area contributed by atoms with Crippen molar-refractivity contribution in [3.63, 3.8) is 0 Å². The highest BCUT2D eigenvalue weighted by Crippen LogP contribution is 2.32. The summed E-state index contributed by atoms with van der Waals surface area (Å²) < 4.78 is 0. The van der Waals surface area contributed by atoms with Crippen LogP contribution in [0.1, 0.15) is 50.1 Å². The highest BCUT2D eigenvalue weighted by atomic mass is 15.0. The molecule has 1 N–H and O–H groups in total. The molecule has 1 unspecified atom stereocenters. The van der Waals surface area contributed by atoms with Crippen LogP contribution < -0.4 is 5.32 Å². The van der Waals surface area contributed by atoms with Crippen LogP contribution in [0.15, 0.2) is 42.6 Å². The fourth-order valence-corrected chi connectivity index (χ4v) is 2.82. The van der Waals surface area contributed by atoms with Crippen molar-refractivity contribution in [2.75, 3.05) is 5.32 Å². The van der Waals surface area contributed by atoms with Crippen LogP contribution in [0.4, 0.5) is 5.69 Å². The molecule has 0 aliphatic heterocycles. The monoisotopic (exact) mass is 266 g/mol. The molecular weight excluding hydrogens is 244 g/mol. The van der Waals surface area contributed by atoms with Crippen molar-refractivity contribution in [1.82, 2.24) is 4.98 Å². The van der Waals surface area contributed by atoms with Gasteiger partial charge in [-0.2, -0.15) is 0 Å². The Morgan fingerprint density at radius 2 is 1.85 bits per heavy atom. The second-order valence-electron chi connectivity index (χ2n) is 6.61. The summed E-state index contributed by atoms with van der Waals surface area (Å²) in [6.45, 7) is 6.73. The number of fused-ring (bicyclic) bond motifs is 1. The van der Waals surface area contributed by atoms with Gasteiger partial charge in [0.25, 0.3) is 0 Å². The van der Waals surface area contributed by atoms with Crippen LogP contribution in [-0.4, -0.2) is 4.98 Å². The van der Waals surface area contributed by atoms with Gasteiger partial charge in [-0.15, -0.1) is 0 Å². The van der Waals surface area contributed by atoms with E-state index in [1.165, 1.54) is 22.5 Å². The van der Waals surface area contributed by atoms with E-state index in [1.807, 2.05) is 12.3 Å². The second kappa shape index (κ2) is 4.93. The molecule has 0 spiro atoms. The summed E-state index contributed by atoms with van der Waals surface area (Å²) in [5, 5.41) is 3.61. The van der Waals surface area contributed by atoms with Crippen LogP contribution in [0.25, 0.3) is 0 Å². The zero-order chi connectivity index (χ0) is 14.2. The lowest BCUT2D eigenvalue weighted by Gasteiger charge is -2.20. The zero-order valence-electron chi connectivity index (χ0n) is 12.5. The Kier molecular flexibility index (Phi) is 3.25. The van der Waals surface area contributed by atoms with Crippen LogP contribution in [0.2, 0.25) is 0 Å². The number of nitrogens with one attached hydrogen (secondary N) is 1. The third-order valence-electron chi connectivity index (χ3n) is 4.05. The lowest BCUT2D eigenvalue weighted by molar-refractivity contribution is 0.590. The van der Waals surface area contributed by atoms with Gasteiger partial charge in [-0.25, -0.2) is 0 Å². The molecule has 0 saturated carbocycles. The fourth-order valence-electron chi connectivity index (χ4n) is 2.82. The van der Waals surface area contributed by atoms with Gasteiger partial charge in [0.1, 0.15) is 0 Å². The van der Waals surface area contributed by atoms with Crippen LogP contribution in [0.5, 0.6) is 0 Å². The molecule has 1 aromatic carbocycles. The molecule has 1 heterocycles. The first-order chi connectivity index (χ1) is 9.54. The smallest absolute Gasteiger partial charge is 0.0691 e. The van der Waals surface area contributed by atoms with E-state index in [9.17, 15) is 0 Å². The van der Waals surface area contributed by atoms with E-state index in [0.29, 0.717) is 6.04 Å². The molecule has 104 valence electrons. The number of rotatable bonds is 2. The summed E-state index contributed by atoms with van der Waals surface area (Å²) in [5.74, 6) is 0. The summed E-state index contributed by atoms with van der Waals surface area (Å²) in [4.78, 5) is 4.53. The van der Waals surface area contributed by atoms with Crippen LogP contribution in [-0.2, 0) is 11.8 Å². The number of nitrogens with zero attached hydrogens (tertiary/aromatic N) is 1. The molecule has 2 aromatic rings. The minimum Gasteiger partial charge on any atom is -0.377 e. The van der Waals surface area contributed by atoms with Gasteiger partial charge < -0.3 is 5.32 Å². The first kappa shape index (κ1) is 13.2. The van der Waals surface area contributed by atoms with E-state index < -0.39 is 0 Å². The Hall–Kier alpha value is -1.83. The summed E-state index contributed by atoms with van der Waals surface area (Å²) in [6.07, 6.45) is 4.15. The SMILES string of the molecule is CC(C)(C)c1ccc(NC2CCc3cccnc32)cc1. The Morgan fingerprint density at radius 3 is 2.55 bits per heavy atom. The molecule has 1 atom stereocenters. The lowest BCUT2D eigenvalue weighted by atomic mass is 9.87. The summed E-state index contributed by atoms with van der Waals surface area (Å²) >= 11 is 0. The quantitative estimate of drug-likeness (QED) is 0.867. The maximum Gasteiger partial charge on any atom is 0.0691 e. The van der Waals surface area contributed by atoms with Gasteiger partial charge in [0.15, 0.2) is 0 Å². The van der Waals surface area contributed by atoms with Crippen molar-refractivity contribution in [1.29, 1.82) is 0 Å². The standard InChI is InChI=1S/C18H22N2/c1-18(2,3)14-7-9-15(10-8-14)20-16-11-6-13-5-4-12-19-17(13)16/h4-5,7-10,12,16,20H,6,11H2,1-3H3. The normalized spacial score (nSPS) is 17.9. The van der Waals surface area contributed by atoms with Crippen molar-refractivity contribution in [3.8, 4) is 0 Å². The number of pyridine rings is 1. The van der Waals surface area contributed by atoms with Crippen molar-refractivity contribution >= 4 is 5.69 Å². The van der Waals surface area contributed by atoms with Gasteiger partial charge in [0.05, 0.1) is 11.7 Å². The number of benzene rings is 1. The number of aromatic nitrogens is 1. The largest absolute Gasteiger partial charge is 0.377 e. The summed E-state index contributed by atoms with van der Waals surface area (Å²) in [7, 11) is 0. The molecular formula is C18H22N2. The van der Waals surface area contributed by atoms with E-state index >= 15 is 0 Å². The maximum absolute atomic E-state index is 4.53. The Bertz CT molecular complexity index is 594. The Labute approximate surface area is 121 Å². The number of anilines is 1. The summed E-state index contributed by atoms with van der Waals surface area (Å²) in [6, 6.07) is 13.4. The topological polar surface area (TPSA) is 24.9 Å².